The van der Waals surface area contributed by atoms with Crippen molar-refractivity contribution in [3.63, 3.8) is 0 Å². The second-order valence-electron chi connectivity index (χ2n) is 11.1. The van der Waals surface area contributed by atoms with Gasteiger partial charge < -0.3 is 47.9 Å². The molecule has 1 aliphatic heterocycles. The number of H-pyrrole nitrogens is 1. The summed E-state index contributed by atoms with van der Waals surface area (Å²) in [5, 5.41) is 25.5. The van der Waals surface area contributed by atoms with Crippen LogP contribution in [-0.2, 0) is 32.0 Å². The number of benzene rings is 2. The number of carbonyl (C=O) groups is 4. The number of aromatic hydroxyl groups is 1. The normalized spacial score (nSPS) is 16.5. The van der Waals surface area contributed by atoms with Gasteiger partial charge in [-0.2, -0.15) is 0 Å². The molecular weight excluding hydrogens is 580 g/mol. The molecule has 1 aromatic heterocycles. The number of aliphatic carboxylic acids is 1. The minimum atomic E-state index is -1.30. The van der Waals surface area contributed by atoms with Crippen molar-refractivity contribution >= 4 is 40.6 Å². The highest BCUT2D eigenvalue weighted by Crippen LogP contribution is 2.22. The molecule has 240 valence electrons. The molecule has 0 bridgehead atoms. The van der Waals surface area contributed by atoms with Crippen LogP contribution in [0.3, 0.4) is 0 Å². The topological polar surface area (TPSA) is 242 Å². The molecule has 1 aliphatic rings. The number of nitrogens with one attached hydrogen (secondary N) is 3. The molecule has 3 amide bonds. The third-order valence-corrected chi connectivity index (χ3v) is 7.84. The van der Waals surface area contributed by atoms with E-state index in [0.717, 1.165) is 16.5 Å². The van der Waals surface area contributed by atoms with Crippen LogP contribution >= 0.6 is 0 Å². The molecule has 2 aromatic carbocycles. The second-order valence-corrected chi connectivity index (χ2v) is 11.1. The lowest BCUT2D eigenvalue weighted by molar-refractivity contribution is -0.143. The fourth-order valence-corrected chi connectivity index (χ4v) is 5.52. The molecule has 0 radical (unpaired) electrons. The smallest absolute Gasteiger partial charge is 0.326 e. The van der Waals surface area contributed by atoms with Crippen molar-refractivity contribution in [1.29, 1.82) is 0 Å². The highest BCUT2D eigenvalue weighted by atomic mass is 16.4. The van der Waals surface area contributed by atoms with Crippen LogP contribution in [-0.4, -0.2) is 87.0 Å². The Kier molecular flexibility index (Phi) is 11.0. The van der Waals surface area contributed by atoms with Crippen molar-refractivity contribution in [2.75, 3.05) is 13.1 Å². The monoisotopic (exact) mass is 620 g/mol. The molecule has 11 N–H and O–H groups in total. The van der Waals surface area contributed by atoms with Crippen LogP contribution < -0.4 is 27.8 Å². The fourth-order valence-electron chi connectivity index (χ4n) is 5.52. The molecule has 14 heteroatoms. The molecule has 4 rings (SSSR count). The Morgan fingerprint density at radius 3 is 2.47 bits per heavy atom. The average Bonchev–Trinajstić information content (AvgIpc) is 3.66. The van der Waals surface area contributed by atoms with Crippen LogP contribution in [0.1, 0.15) is 36.8 Å². The van der Waals surface area contributed by atoms with E-state index in [1.165, 1.54) is 17.0 Å². The molecule has 2 heterocycles. The van der Waals surface area contributed by atoms with Gasteiger partial charge in [0.25, 0.3) is 0 Å². The number of aromatic nitrogens is 1. The number of carboxylic acids is 1. The summed E-state index contributed by atoms with van der Waals surface area (Å²) in [5.41, 5.74) is 19.6. The Morgan fingerprint density at radius 2 is 1.76 bits per heavy atom. The third kappa shape index (κ3) is 8.72. The zero-order valence-electron chi connectivity index (χ0n) is 24.8. The van der Waals surface area contributed by atoms with E-state index < -0.39 is 42.0 Å². The largest absolute Gasteiger partial charge is 0.508 e. The van der Waals surface area contributed by atoms with Gasteiger partial charge in [-0.1, -0.05) is 30.3 Å². The predicted octanol–water partition coefficient (Wildman–Crippen LogP) is 0.0848. The third-order valence-electron chi connectivity index (χ3n) is 7.84. The lowest BCUT2D eigenvalue weighted by Crippen LogP contribution is -2.57. The highest BCUT2D eigenvalue weighted by molar-refractivity contribution is 5.95. The summed E-state index contributed by atoms with van der Waals surface area (Å²) in [6, 6.07) is 9.51. The first kappa shape index (κ1) is 32.8. The van der Waals surface area contributed by atoms with E-state index in [0.29, 0.717) is 31.4 Å². The highest BCUT2D eigenvalue weighted by Gasteiger charge is 2.38. The molecular formula is C31H40N8O6. The molecule has 14 nitrogen and oxygen atoms in total. The minimum absolute atomic E-state index is 0.0246. The molecule has 1 saturated heterocycles. The number of para-hydroxylation sites is 1. The van der Waals surface area contributed by atoms with Gasteiger partial charge in [-0.3, -0.25) is 19.4 Å². The van der Waals surface area contributed by atoms with Gasteiger partial charge in [0.05, 0.1) is 6.04 Å². The molecule has 45 heavy (non-hydrogen) atoms. The summed E-state index contributed by atoms with van der Waals surface area (Å²) in [6.07, 6.45) is 3.45. The molecule has 4 atom stereocenters. The van der Waals surface area contributed by atoms with Crippen molar-refractivity contribution in [1.82, 2.24) is 20.5 Å². The second kappa shape index (κ2) is 15.1. The number of aliphatic imine (C=N–C) groups is 1. The number of aromatic amines is 1. The van der Waals surface area contributed by atoms with E-state index in [-0.39, 0.29) is 43.4 Å². The van der Waals surface area contributed by atoms with Crippen molar-refractivity contribution < 1.29 is 29.4 Å². The minimum Gasteiger partial charge on any atom is -0.508 e. The SMILES string of the molecule is NC(N)=NCCCC(NC(=O)C1CCCN1C(=O)C(N)Cc1c[nH]c2ccccc12)C(=O)NC(Cc1ccc(O)cc1)C(=O)O. The van der Waals surface area contributed by atoms with E-state index >= 15 is 0 Å². The molecule has 1 fully saturated rings. The zero-order chi connectivity index (χ0) is 32.5. The Balaban J connectivity index is 1.44. The van der Waals surface area contributed by atoms with Crippen LogP contribution in [0.2, 0.25) is 0 Å². The molecule has 3 aromatic rings. The van der Waals surface area contributed by atoms with E-state index in [2.05, 4.69) is 20.6 Å². The predicted molar refractivity (Wildman–Crippen MR) is 168 cm³/mol. The number of guanidine groups is 1. The summed E-state index contributed by atoms with van der Waals surface area (Å²) in [5.74, 6) is -2.97. The van der Waals surface area contributed by atoms with Crippen LogP contribution in [0.5, 0.6) is 5.75 Å². The first-order valence-corrected chi connectivity index (χ1v) is 14.8. The number of nitrogens with two attached hydrogens (primary N) is 3. The van der Waals surface area contributed by atoms with Gasteiger partial charge in [0.1, 0.15) is 23.9 Å². The number of fused-ring (bicyclic) bond motifs is 1. The van der Waals surface area contributed by atoms with Gasteiger partial charge in [0, 0.05) is 36.6 Å². The number of hydrogen-bond donors (Lipinski definition) is 8. The summed E-state index contributed by atoms with van der Waals surface area (Å²) in [7, 11) is 0. The molecule has 0 saturated carbocycles. The van der Waals surface area contributed by atoms with Crippen molar-refractivity contribution in [3.05, 3.63) is 65.9 Å². The van der Waals surface area contributed by atoms with E-state index in [1.807, 2.05) is 30.5 Å². The number of carbonyl (C=O) groups excluding carboxylic acids is 3. The van der Waals surface area contributed by atoms with Crippen LogP contribution in [0.15, 0.2) is 59.7 Å². The zero-order valence-corrected chi connectivity index (χ0v) is 24.8. The molecule has 0 aliphatic carbocycles. The Bertz CT molecular complexity index is 1530. The maximum absolute atomic E-state index is 13.5. The van der Waals surface area contributed by atoms with Gasteiger partial charge >= 0.3 is 5.97 Å². The summed E-state index contributed by atoms with van der Waals surface area (Å²) >= 11 is 0. The maximum Gasteiger partial charge on any atom is 0.326 e. The van der Waals surface area contributed by atoms with Gasteiger partial charge in [-0.05, 0) is 61.4 Å². The van der Waals surface area contributed by atoms with Crippen molar-refractivity contribution in [2.45, 2.75) is 62.7 Å². The number of amides is 3. The summed E-state index contributed by atoms with van der Waals surface area (Å²) < 4.78 is 0. The van der Waals surface area contributed by atoms with Crippen LogP contribution in [0, 0.1) is 0 Å². The Morgan fingerprint density at radius 1 is 1.02 bits per heavy atom. The lowest BCUT2D eigenvalue weighted by Gasteiger charge is -2.28. The van der Waals surface area contributed by atoms with Gasteiger partial charge in [0.2, 0.25) is 17.7 Å². The summed E-state index contributed by atoms with van der Waals surface area (Å²) in [6.45, 7) is 0.530. The number of phenolic OH excluding ortho intramolecular Hbond substituents is 1. The van der Waals surface area contributed by atoms with Gasteiger partial charge in [0.15, 0.2) is 5.96 Å². The Hall–Kier alpha value is -5.11. The number of phenols is 1. The fraction of sp³-hybridized carbons (Fsp3) is 0.387. The van der Waals surface area contributed by atoms with Gasteiger partial charge in [-0.25, -0.2) is 4.79 Å². The van der Waals surface area contributed by atoms with Crippen molar-refractivity contribution in [2.24, 2.45) is 22.2 Å². The first-order chi connectivity index (χ1) is 21.5. The number of likely N-dealkylation sites (tertiary alicyclic amines) is 1. The van der Waals surface area contributed by atoms with E-state index in [1.54, 1.807) is 12.1 Å². The maximum atomic E-state index is 13.5. The summed E-state index contributed by atoms with van der Waals surface area (Å²) in [4.78, 5) is 60.9. The standard InChI is InChI=1S/C31H40N8O6/c32-22(16-19-17-36-23-6-2-1-5-21(19)23)29(43)39-14-4-8-26(39)28(42)37-24(7-3-13-35-31(33)34)27(41)38-25(30(44)45)15-18-9-11-20(40)12-10-18/h1-2,5-6,9-12,17,22,24-26,36,40H,3-4,7-8,13-16,32H2,(H,37,42)(H,38,41)(H,44,45)(H4,33,34,35). The number of hydrogen-bond acceptors (Lipinski definition) is 7. The van der Waals surface area contributed by atoms with Crippen LogP contribution in [0.25, 0.3) is 10.9 Å². The van der Waals surface area contributed by atoms with Gasteiger partial charge in [-0.15, -0.1) is 0 Å². The van der Waals surface area contributed by atoms with Crippen LogP contribution in [0.4, 0.5) is 0 Å². The van der Waals surface area contributed by atoms with Crippen molar-refractivity contribution in [3.8, 4) is 5.75 Å². The first-order valence-electron chi connectivity index (χ1n) is 14.8. The quantitative estimate of drug-likeness (QED) is 0.0690. The van der Waals surface area contributed by atoms with E-state index in [9.17, 15) is 29.4 Å². The number of rotatable bonds is 14. The van der Waals surface area contributed by atoms with E-state index in [4.69, 9.17) is 17.2 Å². The molecule has 0 spiro atoms. The average molecular weight is 621 g/mol. The number of nitrogens with zero attached hydrogens (tertiary/aromatic N) is 2. The Labute approximate surface area is 260 Å². The lowest BCUT2D eigenvalue weighted by atomic mass is 10.0. The molecule has 4 unspecified atom stereocenters. The number of carboxylic acid groups (broad SMARTS) is 1.